The van der Waals surface area contributed by atoms with Crippen LogP contribution < -0.4 is 5.56 Å². The molecule has 2 heterocycles. The monoisotopic (exact) mass is 305 g/mol. The van der Waals surface area contributed by atoms with Gasteiger partial charge in [0.1, 0.15) is 5.82 Å². The van der Waals surface area contributed by atoms with Gasteiger partial charge in [-0.25, -0.2) is 9.07 Å². The van der Waals surface area contributed by atoms with Crippen LogP contribution in [0.2, 0.25) is 0 Å². The number of fused-ring (bicyclic) bond motifs is 1. The molecule has 0 fully saturated rings. The Balaban J connectivity index is 2.04. The van der Waals surface area contributed by atoms with Crippen molar-refractivity contribution in [3.05, 3.63) is 67.4 Å². The second-order valence-electron chi connectivity index (χ2n) is 4.91. The summed E-state index contributed by atoms with van der Waals surface area (Å²) in [5, 5.41) is 15.2. The molecule has 1 aromatic heterocycles. The average Bonchev–Trinajstić information content (AvgIpc) is 2.49. The molecule has 2 aromatic rings. The van der Waals surface area contributed by atoms with Gasteiger partial charge in [0.2, 0.25) is 0 Å². The van der Waals surface area contributed by atoms with E-state index < -0.39 is 16.3 Å². The van der Waals surface area contributed by atoms with Crippen molar-refractivity contribution in [2.45, 2.75) is 19.6 Å². The van der Waals surface area contributed by atoms with Crippen molar-refractivity contribution in [1.82, 2.24) is 9.78 Å². The van der Waals surface area contributed by atoms with Crippen LogP contribution in [0.15, 0.2) is 29.1 Å². The van der Waals surface area contributed by atoms with Gasteiger partial charge in [0.25, 0.3) is 11.2 Å². The van der Waals surface area contributed by atoms with Gasteiger partial charge in [-0.2, -0.15) is 5.10 Å². The number of halogens is 1. The molecule has 1 aliphatic rings. The number of rotatable bonds is 3. The van der Waals surface area contributed by atoms with Crippen molar-refractivity contribution in [2.24, 2.45) is 0 Å². The van der Waals surface area contributed by atoms with Crippen LogP contribution in [-0.4, -0.2) is 21.3 Å². The highest BCUT2D eigenvalue weighted by Gasteiger charge is 2.20. The Morgan fingerprint density at radius 1 is 1.45 bits per heavy atom. The molecule has 0 aliphatic carbocycles. The molecule has 0 unspecified atom stereocenters. The number of nitro groups is 1. The first-order valence-corrected chi connectivity index (χ1v) is 6.65. The van der Waals surface area contributed by atoms with Crippen molar-refractivity contribution >= 4 is 5.69 Å². The first-order valence-electron chi connectivity index (χ1n) is 6.65. The zero-order valence-electron chi connectivity index (χ0n) is 11.5. The fourth-order valence-corrected chi connectivity index (χ4v) is 2.39. The van der Waals surface area contributed by atoms with Gasteiger partial charge in [0.05, 0.1) is 35.9 Å². The Kier molecular flexibility index (Phi) is 3.68. The Morgan fingerprint density at radius 3 is 3.05 bits per heavy atom. The van der Waals surface area contributed by atoms with E-state index in [4.69, 9.17) is 4.74 Å². The van der Waals surface area contributed by atoms with Gasteiger partial charge in [-0.05, 0) is 6.07 Å². The number of benzene rings is 1. The van der Waals surface area contributed by atoms with Gasteiger partial charge in [0, 0.05) is 24.1 Å². The Bertz CT molecular complexity index is 803. The van der Waals surface area contributed by atoms with Gasteiger partial charge in [-0.1, -0.05) is 6.07 Å². The predicted octanol–water partition coefficient (Wildman–Crippen LogP) is 1.41. The van der Waals surface area contributed by atoms with Crippen LogP contribution in [0.5, 0.6) is 0 Å². The van der Waals surface area contributed by atoms with E-state index in [1.807, 2.05) is 0 Å². The molecule has 1 aromatic carbocycles. The standard InChI is InChI=1S/C14H12FN3O4/c15-11-2-1-3-13(18(20)21)10(11)7-17-14(19)6-9-8-22-5-4-12(9)16-17/h1-3,6H,4-5,7-8H2. The molecular weight excluding hydrogens is 293 g/mol. The van der Waals surface area contributed by atoms with Crippen LogP contribution in [0, 0.1) is 15.9 Å². The highest BCUT2D eigenvalue weighted by molar-refractivity contribution is 5.41. The number of nitro benzene ring substituents is 1. The zero-order valence-corrected chi connectivity index (χ0v) is 11.5. The number of aromatic nitrogens is 2. The summed E-state index contributed by atoms with van der Waals surface area (Å²) in [5.41, 5.74) is 0.436. The van der Waals surface area contributed by atoms with E-state index in [9.17, 15) is 19.3 Å². The van der Waals surface area contributed by atoms with Crippen molar-refractivity contribution in [3.63, 3.8) is 0 Å². The molecule has 0 N–H and O–H groups in total. The first kappa shape index (κ1) is 14.3. The lowest BCUT2D eigenvalue weighted by Gasteiger charge is -2.16. The maximum atomic E-state index is 13.9. The summed E-state index contributed by atoms with van der Waals surface area (Å²) < 4.78 is 20.2. The van der Waals surface area contributed by atoms with Crippen molar-refractivity contribution in [2.75, 3.05) is 6.61 Å². The smallest absolute Gasteiger partial charge is 0.277 e. The summed E-state index contributed by atoms with van der Waals surface area (Å²) in [6.07, 6.45) is 0.551. The molecule has 0 radical (unpaired) electrons. The molecule has 22 heavy (non-hydrogen) atoms. The zero-order chi connectivity index (χ0) is 15.7. The van der Waals surface area contributed by atoms with E-state index in [-0.39, 0.29) is 17.8 Å². The summed E-state index contributed by atoms with van der Waals surface area (Å²) in [5.74, 6) is -0.732. The highest BCUT2D eigenvalue weighted by Crippen LogP contribution is 2.22. The van der Waals surface area contributed by atoms with Crippen LogP contribution >= 0.6 is 0 Å². The number of hydrogen-bond acceptors (Lipinski definition) is 5. The number of nitrogens with zero attached hydrogens (tertiary/aromatic N) is 3. The SMILES string of the molecule is O=c1cc2c(nn1Cc1c(F)cccc1[N+](=O)[O-])CCOC2. The van der Waals surface area contributed by atoms with E-state index in [1.54, 1.807) is 0 Å². The minimum absolute atomic E-state index is 0.158. The fraction of sp³-hybridized carbons (Fsp3) is 0.286. The summed E-state index contributed by atoms with van der Waals surface area (Å²) in [6, 6.07) is 4.97. The van der Waals surface area contributed by atoms with Gasteiger partial charge < -0.3 is 4.74 Å². The van der Waals surface area contributed by atoms with Crippen molar-refractivity contribution in [1.29, 1.82) is 0 Å². The molecule has 0 amide bonds. The Labute approximate surface area is 124 Å². The van der Waals surface area contributed by atoms with Crippen molar-refractivity contribution < 1.29 is 14.1 Å². The molecule has 0 saturated carbocycles. The topological polar surface area (TPSA) is 87.3 Å². The third kappa shape index (κ3) is 2.60. The summed E-state index contributed by atoms with van der Waals surface area (Å²) >= 11 is 0. The largest absolute Gasteiger partial charge is 0.376 e. The molecule has 8 heteroatoms. The van der Waals surface area contributed by atoms with Gasteiger partial charge in [-0.15, -0.1) is 0 Å². The summed E-state index contributed by atoms with van der Waals surface area (Å²) in [4.78, 5) is 22.4. The fourth-order valence-electron chi connectivity index (χ4n) is 2.39. The predicted molar refractivity (Wildman–Crippen MR) is 74.0 cm³/mol. The molecule has 3 rings (SSSR count). The maximum absolute atomic E-state index is 13.9. The molecule has 0 bridgehead atoms. The first-order chi connectivity index (χ1) is 10.6. The third-order valence-corrected chi connectivity index (χ3v) is 3.50. The van der Waals surface area contributed by atoms with E-state index in [0.29, 0.717) is 30.9 Å². The quantitative estimate of drug-likeness (QED) is 0.632. The lowest BCUT2D eigenvalue weighted by molar-refractivity contribution is -0.385. The van der Waals surface area contributed by atoms with E-state index in [2.05, 4.69) is 5.10 Å². The van der Waals surface area contributed by atoms with Crippen LogP contribution in [0.25, 0.3) is 0 Å². The molecule has 0 saturated heterocycles. The molecule has 0 spiro atoms. The van der Waals surface area contributed by atoms with Crippen LogP contribution in [0.3, 0.4) is 0 Å². The van der Waals surface area contributed by atoms with Crippen LogP contribution in [-0.2, 0) is 24.3 Å². The minimum atomic E-state index is -0.732. The van der Waals surface area contributed by atoms with E-state index in [1.165, 1.54) is 18.2 Å². The van der Waals surface area contributed by atoms with Crippen LogP contribution in [0.4, 0.5) is 10.1 Å². The van der Waals surface area contributed by atoms with Gasteiger partial charge in [0.15, 0.2) is 0 Å². The normalized spacial score (nSPS) is 13.7. The molecule has 114 valence electrons. The van der Waals surface area contributed by atoms with Gasteiger partial charge in [-0.3, -0.25) is 14.9 Å². The third-order valence-electron chi connectivity index (χ3n) is 3.50. The molecule has 7 nitrogen and oxygen atoms in total. The van der Waals surface area contributed by atoms with Gasteiger partial charge >= 0.3 is 0 Å². The molecular formula is C14H12FN3O4. The minimum Gasteiger partial charge on any atom is -0.376 e. The van der Waals surface area contributed by atoms with E-state index >= 15 is 0 Å². The lowest BCUT2D eigenvalue weighted by atomic mass is 10.1. The summed E-state index contributed by atoms with van der Waals surface area (Å²) in [6.45, 7) is 0.534. The maximum Gasteiger partial charge on any atom is 0.277 e. The van der Waals surface area contributed by atoms with Crippen molar-refractivity contribution in [3.8, 4) is 0 Å². The second-order valence-corrected chi connectivity index (χ2v) is 4.91. The Morgan fingerprint density at radius 2 is 2.27 bits per heavy atom. The number of ether oxygens (including phenoxy) is 1. The Hall–Kier alpha value is -2.61. The molecule has 1 aliphatic heterocycles. The highest BCUT2D eigenvalue weighted by atomic mass is 19.1. The lowest BCUT2D eigenvalue weighted by Crippen LogP contribution is -2.28. The average molecular weight is 305 g/mol. The number of hydrogen-bond donors (Lipinski definition) is 0. The second kappa shape index (κ2) is 5.64. The van der Waals surface area contributed by atoms with Crippen LogP contribution in [0.1, 0.15) is 16.8 Å². The summed E-state index contributed by atoms with van der Waals surface area (Å²) in [7, 11) is 0. The van der Waals surface area contributed by atoms with E-state index in [0.717, 1.165) is 10.7 Å². The molecule has 0 atom stereocenters.